The Morgan fingerprint density at radius 2 is 2.00 bits per heavy atom. The van der Waals surface area contributed by atoms with Crippen molar-refractivity contribution in [3.63, 3.8) is 0 Å². The zero-order chi connectivity index (χ0) is 18.8. The van der Waals surface area contributed by atoms with E-state index in [1.807, 2.05) is 11.1 Å². The lowest BCUT2D eigenvalue weighted by Crippen LogP contribution is -2.43. The summed E-state index contributed by atoms with van der Waals surface area (Å²) in [5.74, 6) is 1.95. The van der Waals surface area contributed by atoms with E-state index < -0.39 is 0 Å². The number of hydrogen-bond acceptors (Lipinski definition) is 3. The van der Waals surface area contributed by atoms with Crippen LogP contribution in [0.4, 0.5) is 4.39 Å². The fourth-order valence-corrected chi connectivity index (χ4v) is 4.07. The van der Waals surface area contributed by atoms with Crippen LogP contribution in [0.3, 0.4) is 0 Å². The van der Waals surface area contributed by atoms with Crippen molar-refractivity contribution in [3.8, 4) is 5.75 Å². The molecule has 1 saturated carbocycles. The second-order valence-corrected chi connectivity index (χ2v) is 7.63. The van der Waals surface area contributed by atoms with E-state index in [0.29, 0.717) is 18.2 Å². The van der Waals surface area contributed by atoms with Crippen molar-refractivity contribution in [2.75, 3.05) is 19.7 Å². The first-order valence-corrected chi connectivity index (χ1v) is 9.81. The molecular formula is C21H26FN3O2. The van der Waals surface area contributed by atoms with Crippen LogP contribution in [-0.2, 0) is 4.79 Å². The predicted molar refractivity (Wildman–Crippen MR) is 100 cm³/mol. The second kappa shape index (κ2) is 7.71. The topological polar surface area (TPSA) is 47.4 Å². The van der Waals surface area contributed by atoms with Gasteiger partial charge in [-0.05, 0) is 56.9 Å². The summed E-state index contributed by atoms with van der Waals surface area (Å²) in [5, 5.41) is 0. The molecule has 27 heavy (non-hydrogen) atoms. The lowest BCUT2D eigenvalue weighted by atomic mass is 9.84. The van der Waals surface area contributed by atoms with Crippen LogP contribution in [0.25, 0.3) is 0 Å². The summed E-state index contributed by atoms with van der Waals surface area (Å²) in [6, 6.07) is 6.04. The number of ether oxygens (including phenoxy) is 1. The second-order valence-electron chi connectivity index (χ2n) is 7.63. The number of halogens is 1. The average molecular weight is 371 g/mol. The lowest BCUT2D eigenvalue weighted by molar-refractivity contribution is -0.135. The van der Waals surface area contributed by atoms with Gasteiger partial charge in [-0.2, -0.15) is 0 Å². The number of carbonyl (C=O) groups excluding carboxylic acids is 1. The summed E-state index contributed by atoms with van der Waals surface area (Å²) >= 11 is 0. The quantitative estimate of drug-likeness (QED) is 0.802. The Kier molecular flexibility index (Phi) is 5.14. The van der Waals surface area contributed by atoms with Gasteiger partial charge in [0.05, 0.1) is 6.04 Å². The van der Waals surface area contributed by atoms with Crippen LogP contribution < -0.4 is 4.74 Å². The number of benzene rings is 1. The van der Waals surface area contributed by atoms with Gasteiger partial charge in [-0.15, -0.1) is 0 Å². The van der Waals surface area contributed by atoms with Gasteiger partial charge in [-0.3, -0.25) is 4.79 Å². The summed E-state index contributed by atoms with van der Waals surface area (Å²) in [5.41, 5.74) is 1.18. The zero-order valence-corrected chi connectivity index (χ0v) is 15.7. The average Bonchev–Trinajstić information content (AvgIpc) is 3.00. The summed E-state index contributed by atoms with van der Waals surface area (Å²) in [4.78, 5) is 19.2. The van der Waals surface area contributed by atoms with E-state index in [1.54, 1.807) is 12.1 Å². The molecule has 144 valence electrons. The highest BCUT2D eigenvalue weighted by Gasteiger charge is 2.31. The first-order chi connectivity index (χ1) is 13.1. The third-order valence-corrected chi connectivity index (χ3v) is 5.77. The minimum Gasteiger partial charge on any atom is -0.484 e. The number of rotatable bonds is 5. The molecule has 2 aromatic rings. The summed E-state index contributed by atoms with van der Waals surface area (Å²) in [7, 11) is 0. The van der Waals surface area contributed by atoms with Gasteiger partial charge in [0.1, 0.15) is 17.4 Å². The van der Waals surface area contributed by atoms with E-state index >= 15 is 0 Å². The van der Waals surface area contributed by atoms with E-state index in [-0.39, 0.29) is 24.4 Å². The molecule has 4 rings (SSSR count). The van der Waals surface area contributed by atoms with Gasteiger partial charge in [0.15, 0.2) is 6.61 Å². The molecule has 1 amide bonds. The highest BCUT2D eigenvalue weighted by molar-refractivity contribution is 5.77. The number of hydrogen-bond donors (Lipinski definition) is 0. The highest BCUT2D eigenvalue weighted by atomic mass is 19.1. The van der Waals surface area contributed by atoms with Gasteiger partial charge in [0.25, 0.3) is 5.91 Å². The van der Waals surface area contributed by atoms with Crippen molar-refractivity contribution < 1.29 is 13.9 Å². The number of carbonyl (C=O) groups is 1. The van der Waals surface area contributed by atoms with Gasteiger partial charge in [-0.1, -0.05) is 6.42 Å². The number of amides is 1. The lowest BCUT2D eigenvalue weighted by Gasteiger charge is -2.36. The van der Waals surface area contributed by atoms with Gasteiger partial charge in [0, 0.05) is 30.9 Å². The molecule has 2 fully saturated rings. The molecule has 1 saturated heterocycles. The molecule has 0 radical (unpaired) electrons. The van der Waals surface area contributed by atoms with Gasteiger partial charge < -0.3 is 14.2 Å². The standard InChI is InChI=1S/C21H26FN3O2/c1-15-12-23-21(16-4-2-5-16)25(15)18-6-3-11-24(13-18)20(26)14-27-19-9-7-17(22)8-10-19/h7-10,12,16,18H,2-6,11,13-14H2,1H3. The molecule has 1 aromatic carbocycles. The molecule has 5 nitrogen and oxygen atoms in total. The van der Waals surface area contributed by atoms with Gasteiger partial charge >= 0.3 is 0 Å². The molecule has 1 unspecified atom stereocenters. The molecule has 6 heteroatoms. The molecule has 1 aliphatic heterocycles. The van der Waals surface area contributed by atoms with Crippen molar-refractivity contribution in [2.45, 2.75) is 51.0 Å². The summed E-state index contributed by atoms with van der Waals surface area (Å²) < 4.78 is 20.9. The fraction of sp³-hybridized carbons (Fsp3) is 0.524. The van der Waals surface area contributed by atoms with Gasteiger partial charge in [-0.25, -0.2) is 9.37 Å². The maximum atomic E-state index is 13.0. The maximum absolute atomic E-state index is 13.0. The minimum atomic E-state index is -0.314. The normalized spacial score (nSPS) is 20.4. The Hall–Kier alpha value is -2.37. The molecule has 1 aliphatic carbocycles. The predicted octanol–water partition coefficient (Wildman–Crippen LogP) is 3.84. The largest absolute Gasteiger partial charge is 0.484 e. The Morgan fingerprint density at radius 3 is 2.70 bits per heavy atom. The highest BCUT2D eigenvalue weighted by Crippen LogP contribution is 2.38. The van der Waals surface area contributed by atoms with Crippen molar-refractivity contribution in [2.24, 2.45) is 0 Å². The molecule has 0 spiro atoms. The molecular weight excluding hydrogens is 345 g/mol. The third-order valence-electron chi connectivity index (χ3n) is 5.77. The first kappa shape index (κ1) is 18.0. The Morgan fingerprint density at radius 1 is 1.22 bits per heavy atom. The smallest absolute Gasteiger partial charge is 0.260 e. The monoisotopic (exact) mass is 371 g/mol. The van der Waals surface area contributed by atoms with Crippen LogP contribution in [-0.4, -0.2) is 40.1 Å². The van der Waals surface area contributed by atoms with E-state index in [9.17, 15) is 9.18 Å². The number of piperidine rings is 1. The Labute approximate surface area is 159 Å². The molecule has 1 aromatic heterocycles. The van der Waals surface area contributed by atoms with Crippen molar-refractivity contribution >= 4 is 5.91 Å². The molecule has 1 atom stereocenters. The van der Waals surface area contributed by atoms with E-state index in [4.69, 9.17) is 4.74 Å². The number of aryl methyl sites for hydroxylation is 1. The van der Waals surface area contributed by atoms with E-state index in [2.05, 4.69) is 16.5 Å². The van der Waals surface area contributed by atoms with Crippen LogP contribution in [0.5, 0.6) is 5.75 Å². The van der Waals surface area contributed by atoms with Crippen molar-refractivity contribution in [1.82, 2.24) is 14.5 Å². The molecule has 2 aliphatic rings. The molecule has 0 N–H and O–H groups in total. The molecule has 0 bridgehead atoms. The first-order valence-electron chi connectivity index (χ1n) is 9.81. The fourth-order valence-electron chi connectivity index (χ4n) is 4.07. The number of nitrogens with zero attached hydrogens (tertiary/aromatic N) is 3. The zero-order valence-electron chi connectivity index (χ0n) is 15.7. The Bertz CT molecular complexity index is 798. The third kappa shape index (κ3) is 3.84. The number of likely N-dealkylation sites (tertiary alicyclic amines) is 1. The SMILES string of the molecule is Cc1cnc(C2CCC2)n1C1CCCN(C(=O)COc2ccc(F)cc2)C1. The van der Waals surface area contributed by atoms with E-state index in [1.165, 1.54) is 42.9 Å². The van der Waals surface area contributed by atoms with Crippen LogP contribution in [0.15, 0.2) is 30.5 Å². The van der Waals surface area contributed by atoms with Crippen LogP contribution in [0.1, 0.15) is 55.6 Å². The van der Waals surface area contributed by atoms with Crippen molar-refractivity contribution in [3.05, 3.63) is 47.8 Å². The van der Waals surface area contributed by atoms with Crippen LogP contribution >= 0.6 is 0 Å². The van der Waals surface area contributed by atoms with Crippen LogP contribution in [0.2, 0.25) is 0 Å². The summed E-state index contributed by atoms with van der Waals surface area (Å²) in [6.45, 7) is 3.54. The van der Waals surface area contributed by atoms with Crippen molar-refractivity contribution in [1.29, 1.82) is 0 Å². The number of aromatic nitrogens is 2. The van der Waals surface area contributed by atoms with E-state index in [0.717, 1.165) is 19.4 Å². The Balaban J connectivity index is 1.40. The summed E-state index contributed by atoms with van der Waals surface area (Å²) in [6.07, 6.45) is 7.74. The minimum absolute atomic E-state index is 0.0171. The maximum Gasteiger partial charge on any atom is 0.260 e. The number of imidazole rings is 1. The van der Waals surface area contributed by atoms with Crippen LogP contribution in [0, 0.1) is 12.7 Å². The molecule has 2 heterocycles. The van der Waals surface area contributed by atoms with Gasteiger partial charge in [0.2, 0.25) is 0 Å².